The Bertz CT molecular complexity index is 526. The summed E-state index contributed by atoms with van der Waals surface area (Å²) in [6.45, 7) is 5.54. The first-order chi connectivity index (χ1) is 10.6. The third kappa shape index (κ3) is 3.16. The molecule has 1 aliphatic heterocycles. The smallest absolute Gasteiger partial charge is 0.239 e. The van der Waals surface area contributed by atoms with Gasteiger partial charge in [-0.2, -0.15) is 4.98 Å². The van der Waals surface area contributed by atoms with Gasteiger partial charge in [0.1, 0.15) is 0 Å². The van der Waals surface area contributed by atoms with Crippen molar-refractivity contribution < 1.29 is 9.32 Å². The van der Waals surface area contributed by atoms with Crippen molar-refractivity contribution in [2.75, 3.05) is 13.1 Å². The average Bonchev–Trinajstić information content (AvgIpc) is 3.30. The van der Waals surface area contributed by atoms with Gasteiger partial charge in [-0.15, -0.1) is 0 Å². The van der Waals surface area contributed by atoms with Gasteiger partial charge in [-0.1, -0.05) is 25.4 Å². The zero-order chi connectivity index (χ0) is 15.7. The maximum Gasteiger partial charge on any atom is 0.239 e. The molecule has 6 nitrogen and oxygen atoms in total. The van der Waals surface area contributed by atoms with E-state index in [0.717, 1.165) is 50.4 Å². The van der Waals surface area contributed by atoms with Gasteiger partial charge in [-0.25, -0.2) is 0 Å². The summed E-state index contributed by atoms with van der Waals surface area (Å²) in [5.41, 5.74) is 6.10. The van der Waals surface area contributed by atoms with E-state index in [-0.39, 0.29) is 17.7 Å². The quantitative estimate of drug-likeness (QED) is 0.899. The minimum Gasteiger partial charge on any atom is -0.341 e. The van der Waals surface area contributed by atoms with Gasteiger partial charge in [0.15, 0.2) is 5.82 Å². The number of carbonyl (C=O) groups excluding carboxylic acids is 1. The van der Waals surface area contributed by atoms with Crippen LogP contribution in [0.1, 0.15) is 69.5 Å². The second kappa shape index (κ2) is 6.36. The molecule has 1 aliphatic carbocycles. The molecular formula is C16H26N4O2. The van der Waals surface area contributed by atoms with E-state index in [1.54, 1.807) is 0 Å². The molecule has 1 aromatic heterocycles. The van der Waals surface area contributed by atoms with Crippen LogP contribution < -0.4 is 5.73 Å². The highest BCUT2D eigenvalue weighted by Gasteiger charge is 2.34. The lowest BCUT2D eigenvalue weighted by Gasteiger charge is -2.34. The van der Waals surface area contributed by atoms with E-state index in [1.165, 1.54) is 0 Å². The van der Waals surface area contributed by atoms with Crippen molar-refractivity contribution >= 4 is 5.91 Å². The number of aromatic nitrogens is 2. The summed E-state index contributed by atoms with van der Waals surface area (Å²) in [6.07, 6.45) is 5.20. The highest BCUT2D eigenvalue weighted by Crippen LogP contribution is 2.39. The second-order valence-corrected chi connectivity index (χ2v) is 6.80. The van der Waals surface area contributed by atoms with Crippen LogP contribution in [0.5, 0.6) is 0 Å². The number of carbonyl (C=O) groups is 1. The lowest BCUT2D eigenvalue weighted by atomic mass is 9.94. The monoisotopic (exact) mass is 306 g/mol. The summed E-state index contributed by atoms with van der Waals surface area (Å²) < 4.78 is 5.35. The van der Waals surface area contributed by atoms with Gasteiger partial charge in [0, 0.05) is 24.9 Å². The normalized spacial score (nSPS) is 25.0. The third-order valence-corrected chi connectivity index (χ3v) is 5.02. The van der Waals surface area contributed by atoms with E-state index in [0.29, 0.717) is 12.5 Å². The molecule has 22 heavy (non-hydrogen) atoms. The van der Waals surface area contributed by atoms with E-state index in [2.05, 4.69) is 17.1 Å². The summed E-state index contributed by atoms with van der Waals surface area (Å²) in [5.74, 6) is 2.45. The number of piperidine rings is 1. The van der Waals surface area contributed by atoms with Crippen LogP contribution in [-0.2, 0) is 4.79 Å². The fourth-order valence-electron chi connectivity index (χ4n) is 3.01. The summed E-state index contributed by atoms with van der Waals surface area (Å²) in [5, 5.41) is 4.14. The average molecular weight is 306 g/mol. The van der Waals surface area contributed by atoms with Crippen molar-refractivity contribution in [2.24, 2.45) is 11.7 Å². The Morgan fingerprint density at radius 1 is 1.41 bits per heavy atom. The lowest BCUT2D eigenvalue weighted by Crippen LogP contribution is -2.50. The fraction of sp³-hybridized carbons (Fsp3) is 0.812. The van der Waals surface area contributed by atoms with Crippen LogP contribution >= 0.6 is 0 Å². The standard InChI is InChI=1S/C16H26N4O2/c1-3-10(2)13(17)16(21)20-8-4-5-12(9-20)14-18-15(22-19-14)11-6-7-11/h10-13H,3-9,17H2,1-2H3. The molecule has 1 saturated carbocycles. The molecule has 2 aliphatic rings. The van der Waals surface area contributed by atoms with Gasteiger partial charge < -0.3 is 15.2 Å². The number of hydrogen-bond acceptors (Lipinski definition) is 5. The summed E-state index contributed by atoms with van der Waals surface area (Å²) >= 11 is 0. The van der Waals surface area contributed by atoms with Gasteiger partial charge >= 0.3 is 0 Å². The molecule has 0 bridgehead atoms. The summed E-state index contributed by atoms with van der Waals surface area (Å²) in [6, 6.07) is -0.406. The summed E-state index contributed by atoms with van der Waals surface area (Å²) in [4.78, 5) is 19.0. The highest BCUT2D eigenvalue weighted by molar-refractivity contribution is 5.82. The topological polar surface area (TPSA) is 85.3 Å². The number of rotatable bonds is 5. The predicted molar refractivity (Wildman–Crippen MR) is 82.3 cm³/mol. The Balaban J connectivity index is 1.64. The summed E-state index contributed by atoms with van der Waals surface area (Å²) in [7, 11) is 0. The number of hydrogen-bond donors (Lipinski definition) is 1. The van der Waals surface area contributed by atoms with Gasteiger partial charge in [-0.05, 0) is 31.6 Å². The van der Waals surface area contributed by atoms with E-state index >= 15 is 0 Å². The Hall–Kier alpha value is -1.43. The Labute approximate surface area is 131 Å². The van der Waals surface area contributed by atoms with Crippen LogP contribution in [0.25, 0.3) is 0 Å². The van der Waals surface area contributed by atoms with E-state index in [9.17, 15) is 4.79 Å². The first-order valence-electron chi connectivity index (χ1n) is 8.48. The van der Waals surface area contributed by atoms with Crippen molar-refractivity contribution in [2.45, 2.75) is 63.8 Å². The van der Waals surface area contributed by atoms with Crippen LogP contribution in [0.3, 0.4) is 0 Å². The zero-order valence-corrected chi connectivity index (χ0v) is 13.5. The van der Waals surface area contributed by atoms with Crippen LogP contribution in [0.4, 0.5) is 0 Å². The number of amides is 1. The van der Waals surface area contributed by atoms with Crippen molar-refractivity contribution in [3.63, 3.8) is 0 Å². The van der Waals surface area contributed by atoms with Crippen molar-refractivity contribution in [3.05, 3.63) is 11.7 Å². The molecule has 0 radical (unpaired) electrons. The second-order valence-electron chi connectivity index (χ2n) is 6.80. The lowest BCUT2D eigenvalue weighted by molar-refractivity contribution is -0.135. The number of likely N-dealkylation sites (tertiary alicyclic amines) is 1. The molecule has 2 fully saturated rings. The maximum absolute atomic E-state index is 12.5. The number of nitrogens with zero attached hydrogens (tertiary/aromatic N) is 3. The molecule has 1 aromatic rings. The van der Waals surface area contributed by atoms with E-state index in [4.69, 9.17) is 10.3 Å². The molecular weight excluding hydrogens is 280 g/mol. The van der Waals surface area contributed by atoms with E-state index in [1.807, 2.05) is 11.8 Å². The van der Waals surface area contributed by atoms with Crippen molar-refractivity contribution in [3.8, 4) is 0 Å². The van der Waals surface area contributed by atoms with Crippen LogP contribution in [0, 0.1) is 5.92 Å². The molecule has 1 saturated heterocycles. The van der Waals surface area contributed by atoms with Gasteiger partial charge in [0.25, 0.3) is 0 Å². The number of nitrogens with two attached hydrogens (primary N) is 1. The first kappa shape index (κ1) is 15.5. The zero-order valence-electron chi connectivity index (χ0n) is 13.5. The molecule has 3 atom stereocenters. The third-order valence-electron chi connectivity index (χ3n) is 5.02. The van der Waals surface area contributed by atoms with Crippen LogP contribution in [-0.4, -0.2) is 40.1 Å². The van der Waals surface area contributed by atoms with Crippen LogP contribution in [0.15, 0.2) is 4.52 Å². The van der Waals surface area contributed by atoms with Gasteiger partial charge in [0.05, 0.1) is 6.04 Å². The molecule has 3 unspecified atom stereocenters. The predicted octanol–water partition coefficient (Wildman–Crippen LogP) is 2.03. The van der Waals surface area contributed by atoms with Crippen molar-refractivity contribution in [1.82, 2.24) is 15.0 Å². The first-order valence-corrected chi connectivity index (χ1v) is 8.48. The SMILES string of the molecule is CCC(C)C(N)C(=O)N1CCCC(c2noc(C3CC3)n2)C1. The van der Waals surface area contributed by atoms with Gasteiger partial charge in [0.2, 0.25) is 11.8 Å². The minimum atomic E-state index is -0.406. The molecule has 3 rings (SSSR count). The molecule has 6 heteroatoms. The Morgan fingerprint density at radius 3 is 2.86 bits per heavy atom. The molecule has 0 aromatic carbocycles. The maximum atomic E-state index is 12.5. The van der Waals surface area contributed by atoms with Gasteiger partial charge in [-0.3, -0.25) is 4.79 Å². The molecule has 2 heterocycles. The minimum absolute atomic E-state index is 0.0601. The van der Waals surface area contributed by atoms with E-state index < -0.39 is 6.04 Å². The Morgan fingerprint density at radius 2 is 2.18 bits per heavy atom. The molecule has 1 amide bonds. The van der Waals surface area contributed by atoms with Crippen LogP contribution in [0.2, 0.25) is 0 Å². The Kier molecular flexibility index (Phi) is 4.47. The fourth-order valence-corrected chi connectivity index (χ4v) is 3.01. The molecule has 122 valence electrons. The highest BCUT2D eigenvalue weighted by atomic mass is 16.5. The molecule has 0 spiro atoms. The van der Waals surface area contributed by atoms with Crippen molar-refractivity contribution in [1.29, 1.82) is 0 Å². The largest absolute Gasteiger partial charge is 0.341 e. The molecule has 2 N–H and O–H groups in total.